The van der Waals surface area contributed by atoms with E-state index in [4.69, 9.17) is 4.74 Å². The number of aryl methyl sites for hydroxylation is 1. The molecular weight excluding hydrogens is 372 g/mol. The maximum atomic E-state index is 12.6. The lowest BCUT2D eigenvalue weighted by Crippen LogP contribution is -2.15. The summed E-state index contributed by atoms with van der Waals surface area (Å²) in [4.78, 5) is 38.2. The molecule has 1 amide bonds. The number of hydrogen-bond donors (Lipinski definition) is 1. The average Bonchev–Trinajstić information content (AvgIpc) is 3.22. The fraction of sp³-hybridized carbons (Fsp3) is 0.235. The molecule has 0 saturated carbocycles. The highest BCUT2D eigenvalue weighted by Gasteiger charge is 2.23. The molecule has 3 heterocycles. The fourth-order valence-corrected chi connectivity index (χ4v) is 4.01. The lowest BCUT2D eigenvalue weighted by molar-refractivity contribution is 0.0527. The van der Waals surface area contributed by atoms with E-state index in [1.54, 1.807) is 30.8 Å². The smallest absolute Gasteiger partial charge is 0.341 e. The first-order valence-corrected chi connectivity index (χ1v) is 9.52. The van der Waals surface area contributed by atoms with Gasteiger partial charge in [0.25, 0.3) is 5.91 Å². The number of amides is 1. The van der Waals surface area contributed by atoms with Crippen molar-refractivity contribution >= 4 is 39.6 Å². The Labute approximate surface area is 158 Å². The number of rotatable bonds is 5. The number of nitrogens with one attached hydrogen (secondary N) is 1. The molecule has 0 unspecified atom stereocenters. The van der Waals surface area contributed by atoms with Gasteiger partial charge in [-0.1, -0.05) is 0 Å². The molecule has 0 aliphatic rings. The first-order chi connectivity index (χ1) is 12.5. The van der Waals surface area contributed by atoms with E-state index in [0.717, 1.165) is 10.4 Å². The summed E-state index contributed by atoms with van der Waals surface area (Å²) in [6, 6.07) is 1.71. The largest absolute Gasteiger partial charge is 0.462 e. The molecule has 0 atom stereocenters. The zero-order valence-corrected chi connectivity index (χ0v) is 16.0. The van der Waals surface area contributed by atoms with Crippen LogP contribution in [0.15, 0.2) is 23.8 Å². The van der Waals surface area contributed by atoms with Crippen LogP contribution in [-0.4, -0.2) is 33.4 Å². The van der Waals surface area contributed by atoms with Gasteiger partial charge in [0.15, 0.2) is 10.8 Å². The highest BCUT2D eigenvalue weighted by atomic mass is 32.1. The van der Waals surface area contributed by atoms with E-state index in [1.807, 2.05) is 13.8 Å². The second-order valence-electron chi connectivity index (χ2n) is 5.27. The number of carbonyl (C=O) groups is 2. The fourth-order valence-electron chi connectivity index (χ4n) is 2.22. The Hall–Kier alpha value is -2.65. The molecule has 3 aromatic heterocycles. The van der Waals surface area contributed by atoms with Crippen molar-refractivity contribution in [2.24, 2.45) is 0 Å². The summed E-state index contributed by atoms with van der Waals surface area (Å²) in [5.74, 6) is -0.372. The normalized spacial score (nSPS) is 10.6. The summed E-state index contributed by atoms with van der Waals surface area (Å²) in [5.41, 5.74) is 1.45. The third-order valence-corrected chi connectivity index (χ3v) is 5.55. The summed E-state index contributed by atoms with van der Waals surface area (Å²) in [6.45, 7) is 5.74. The summed E-state index contributed by atoms with van der Waals surface area (Å²) in [7, 11) is 0. The van der Waals surface area contributed by atoms with Crippen molar-refractivity contribution in [1.82, 2.24) is 15.0 Å². The number of esters is 1. The van der Waals surface area contributed by atoms with Crippen LogP contribution in [0.25, 0.3) is 10.8 Å². The van der Waals surface area contributed by atoms with E-state index in [1.165, 1.54) is 22.7 Å². The van der Waals surface area contributed by atoms with Crippen LogP contribution in [0.1, 0.15) is 38.2 Å². The lowest BCUT2D eigenvalue weighted by atomic mass is 10.1. The maximum absolute atomic E-state index is 12.6. The van der Waals surface area contributed by atoms with Gasteiger partial charge in [-0.3, -0.25) is 4.79 Å². The molecule has 7 nitrogen and oxygen atoms in total. The van der Waals surface area contributed by atoms with E-state index in [0.29, 0.717) is 21.4 Å². The SMILES string of the molecule is CCOC(=O)c1c(NC(=O)c2csc(-c3ncccn3)n2)sc(C)c1C. The van der Waals surface area contributed by atoms with E-state index in [2.05, 4.69) is 20.3 Å². The van der Waals surface area contributed by atoms with Gasteiger partial charge in [0, 0.05) is 22.7 Å². The lowest BCUT2D eigenvalue weighted by Gasteiger charge is -2.06. The van der Waals surface area contributed by atoms with Crippen molar-refractivity contribution in [3.63, 3.8) is 0 Å². The average molecular weight is 388 g/mol. The molecule has 0 fully saturated rings. The number of nitrogens with zero attached hydrogens (tertiary/aromatic N) is 3. The highest BCUT2D eigenvalue weighted by Crippen LogP contribution is 2.33. The van der Waals surface area contributed by atoms with Crippen molar-refractivity contribution < 1.29 is 14.3 Å². The van der Waals surface area contributed by atoms with Gasteiger partial charge in [-0.05, 0) is 32.4 Å². The van der Waals surface area contributed by atoms with Gasteiger partial charge in [0.1, 0.15) is 10.7 Å². The number of anilines is 1. The second kappa shape index (κ2) is 7.71. The Morgan fingerprint density at radius 3 is 2.65 bits per heavy atom. The highest BCUT2D eigenvalue weighted by molar-refractivity contribution is 7.17. The first-order valence-electron chi connectivity index (χ1n) is 7.82. The number of aromatic nitrogens is 3. The maximum Gasteiger partial charge on any atom is 0.341 e. The van der Waals surface area contributed by atoms with Gasteiger partial charge < -0.3 is 10.1 Å². The van der Waals surface area contributed by atoms with Gasteiger partial charge in [0.05, 0.1) is 12.2 Å². The summed E-state index contributed by atoms with van der Waals surface area (Å²) < 4.78 is 5.10. The molecule has 0 aliphatic heterocycles. The number of thiophene rings is 1. The minimum absolute atomic E-state index is 0.246. The molecule has 1 N–H and O–H groups in total. The van der Waals surface area contributed by atoms with E-state index < -0.39 is 11.9 Å². The Bertz CT molecular complexity index is 950. The molecule has 0 aromatic carbocycles. The number of thiazole rings is 1. The molecule has 0 aliphatic carbocycles. The quantitative estimate of drug-likeness (QED) is 0.670. The van der Waals surface area contributed by atoms with Crippen LogP contribution >= 0.6 is 22.7 Å². The first kappa shape index (κ1) is 18.2. The van der Waals surface area contributed by atoms with Crippen LogP contribution in [0.5, 0.6) is 0 Å². The van der Waals surface area contributed by atoms with Crippen LogP contribution in [0.2, 0.25) is 0 Å². The van der Waals surface area contributed by atoms with Crippen LogP contribution < -0.4 is 5.32 Å². The van der Waals surface area contributed by atoms with Gasteiger partial charge in [-0.15, -0.1) is 22.7 Å². The van der Waals surface area contributed by atoms with Crippen LogP contribution in [0.3, 0.4) is 0 Å². The van der Waals surface area contributed by atoms with Crippen LogP contribution in [0, 0.1) is 13.8 Å². The summed E-state index contributed by atoms with van der Waals surface area (Å²) >= 11 is 2.62. The molecule has 3 aromatic rings. The topological polar surface area (TPSA) is 94.1 Å². The predicted octanol–water partition coefficient (Wildman–Crippen LogP) is 3.71. The Kier molecular flexibility index (Phi) is 5.38. The molecule has 0 radical (unpaired) electrons. The van der Waals surface area contributed by atoms with Crippen molar-refractivity contribution in [3.8, 4) is 10.8 Å². The third kappa shape index (κ3) is 3.63. The number of carbonyl (C=O) groups excluding carboxylic acids is 2. The van der Waals surface area contributed by atoms with Crippen LogP contribution in [0.4, 0.5) is 5.00 Å². The van der Waals surface area contributed by atoms with Gasteiger partial charge in [-0.2, -0.15) is 0 Å². The van der Waals surface area contributed by atoms with Crippen molar-refractivity contribution in [2.75, 3.05) is 11.9 Å². The molecule has 0 saturated heterocycles. The van der Waals surface area contributed by atoms with E-state index >= 15 is 0 Å². The molecule has 0 bridgehead atoms. The zero-order valence-electron chi connectivity index (χ0n) is 14.4. The molecule has 9 heteroatoms. The summed E-state index contributed by atoms with van der Waals surface area (Å²) in [5, 5.41) is 5.43. The third-order valence-electron chi connectivity index (χ3n) is 3.59. The standard InChI is InChI=1S/C17H16N4O3S2/c1-4-24-17(23)12-9(2)10(3)26-15(12)21-14(22)11-8-25-16(20-11)13-18-6-5-7-19-13/h5-8H,4H2,1-3H3,(H,21,22). The number of hydrogen-bond acceptors (Lipinski definition) is 8. The van der Waals surface area contributed by atoms with Crippen molar-refractivity contribution in [2.45, 2.75) is 20.8 Å². The Morgan fingerprint density at radius 2 is 1.96 bits per heavy atom. The zero-order chi connectivity index (χ0) is 18.7. The second-order valence-corrected chi connectivity index (χ2v) is 7.36. The summed E-state index contributed by atoms with van der Waals surface area (Å²) in [6.07, 6.45) is 3.23. The molecule has 26 heavy (non-hydrogen) atoms. The van der Waals surface area contributed by atoms with Gasteiger partial charge in [-0.25, -0.2) is 19.7 Å². The van der Waals surface area contributed by atoms with E-state index in [9.17, 15) is 9.59 Å². The van der Waals surface area contributed by atoms with Crippen molar-refractivity contribution in [3.05, 3.63) is 45.5 Å². The molecule has 134 valence electrons. The minimum Gasteiger partial charge on any atom is -0.462 e. The van der Waals surface area contributed by atoms with Gasteiger partial charge in [0.2, 0.25) is 0 Å². The van der Waals surface area contributed by atoms with Gasteiger partial charge >= 0.3 is 5.97 Å². The van der Waals surface area contributed by atoms with Crippen molar-refractivity contribution in [1.29, 1.82) is 0 Å². The van der Waals surface area contributed by atoms with Crippen LogP contribution in [-0.2, 0) is 4.74 Å². The Morgan fingerprint density at radius 1 is 1.23 bits per heavy atom. The molecule has 0 spiro atoms. The monoisotopic (exact) mass is 388 g/mol. The minimum atomic E-state index is -0.443. The Balaban J connectivity index is 1.84. The molecule has 3 rings (SSSR count). The molecular formula is C17H16N4O3S2. The predicted molar refractivity (Wildman–Crippen MR) is 101 cm³/mol. The number of ether oxygens (including phenoxy) is 1. The van der Waals surface area contributed by atoms with E-state index in [-0.39, 0.29) is 12.3 Å².